The maximum Gasteiger partial charge on any atom is 0.200 e. The predicted octanol–water partition coefficient (Wildman–Crippen LogP) is 5.48. The SMILES string of the molecule is CC(=NCc1ccccn1)C(C(=N)c1c(F)c(F)c(F)c(F)c1F)C(C)=NCc1ccccn1. The van der Waals surface area contributed by atoms with E-state index in [9.17, 15) is 22.0 Å². The van der Waals surface area contributed by atoms with E-state index in [0.717, 1.165) is 0 Å². The van der Waals surface area contributed by atoms with Crippen molar-refractivity contribution in [1.29, 1.82) is 5.41 Å². The van der Waals surface area contributed by atoms with Crippen LogP contribution in [0.1, 0.15) is 30.8 Å². The Morgan fingerprint density at radius 3 is 1.53 bits per heavy atom. The molecule has 0 bridgehead atoms. The summed E-state index contributed by atoms with van der Waals surface area (Å²) in [6, 6.07) is 10.4. The molecule has 3 rings (SSSR count). The molecule has 1 N–H and O–H groups in total. The van der Waals surface area contributed by atoms with Crippen molar-refractivity contribution in [2.45, 2.75) is 26.9 Å². The van der Waals surface area contributed by atoms with Crippen molar-refractivity contribution in [3.63, 3.8) is 0 Å². The number of hydrogen-bond donors (Lipinski definition) is 1. The molecule has 5 nitrogen and oxygen atoms in total. The Morgan fingerprint density at radius 2 is 1.15 bits per heavy atom. The van der Waals surface area contributed by atoms with Gasteiger partial charge < -0.3 is 5.41 Å². The number of aromatic nitrogens is 2. The highest BCUT2D eigenvalue weighted by atomic mass is 19.2. The highest BCUT2D eigenvalue weighted by Gasteiger charge is 2.33. The minimum atomic E-state index is -2.29. The summed E-state index contributed by atoms with van der Waals surface area (Å²) in [6.07, 6.45) is 3.13. The van der Waals surface area contributed by atoms with Gasteiger partial charge in [-0.2, -0.15) is 0 Å². The molecule has 0 spiro atoms. The highest BCUT2D eigenvalue weighted by molar-refractivity contribution is 6.26. The van der Waals surface area contributed by atoms with Crippen LogP contribution in [0.5, 0.6) is 0 Å². The van der Waals surface area contributed by atoms with Crippen molar-refractivity contribution >= 4 is 17.1 Å². The maximum absolute atomic E-state index is 14.5. The molecule has 0 aliphatic heterocycles. The second kappa shape index (κ2) is 10.9. The first-order valence-corrected chi connectivity index (χ1v) is 10.1. The van der Waals surface area contributed by atoms with Crippen molar-refractivity contribution in [2.75, 3.05) is 0 Å². The van der Waals surface area contributed by atoms with Crippen molar-refractivity contribution in [2.24, 2.45) is 15.9 Å². The van der Waals surface area contributed by atoms with Gasteiger partial charge >= 0.3 is 0 Å². The lowest BCUT2D eigenvalue weighted by molar-refractivity contribution is 0.376. The molecule has 0 aliphatic carbocycles. The Bertz CT molecular complexity index is 1160. The van der Waals surface area contributed by atoms with Crippen molar-refractivity contribution < 1.29 is 22.0 Å². The second-order valence-electron chi connectivity index (χ2n) is 7.35. The lowest BCUT2D eigenvalue weighted by Gasteiger charge is -2.20. The predicted molar refractivity (Wildman–Crippen MR) is 119 cm³/mol. The Balaban J connectivity index is 2.05. The van der Waals surface area contributed by atoms with Crippen LogP contribution in [0.25, 0.3) is 0 Å². The third-order valence-corrected chi connectivity index (χ3v) is 5.04. The van der Waals surface area contributed by atoms with Crippen molar-refractivity contribution in [3.8, 4) is 0 Å². The lowest BCUT2D eigenvalue weighted by Crippen LogP contribution is -2.31. The first-order chi connectivity index (χ1) is 16.2. The molecule has 176 valence electrons. The van der Waals surface area contributed by atoms with Crippen LogP contribution in [-0.2, 0) is 13.1 Å². The van der Waals surface area contributed by atoms with Crippen LogP contribution in [0.3, 0.4) is 0 Å². The minimum absolute atomic E-state index is 0.0844. The molecule has 2 heterocycles. The van der Waals surface area contributed by atoms with Gasteiger partial charge in [-0.25, -0.2) is 22.0 Å². The molecule has 0 fully saturated rings. The van der Waals surface area contributed by atoms with E-state index in [1.54, 1.807) is 48.8 Å². The molecule has 0 atom stereocenters. The van der Waals surface area contributed by atoms with Gasteiger partial charge in [0.1, 0.15) is 0 Å². The molecule has 0 amide bonds. The Hall–Kier alpha value is -3.82. The topological polar surface area (TPSA) is 74.3 Å². The molecule has 0 aliphatic rings. The molecule has 2 aromatic heterocycles. The maximum atomic E-state index is 14.5. The van der Waals surface area contributed by atoms with Crippen molar-refractivity contribution in [1.82, 2.24) is 9.97 Å². The summed E-state index contributed by atoms with van der Waals surface area (Å²) in [7, 11) is 0. The molecule has 0 saturated carbocycles. The molecular weight excluding hydrogens is 453 g/mol. The summed E-state index contributed by atoms with van der Waals surface area (Å²) < 4.78 is 70.2. The van der Waals surface area contributed by atoms with E-state index in [0.29, 0.717) is 11.4 Å². The van der Waals surface area contributed by atoms with E-state index in [-0.39, 0.29) is 24.5 Å². The van der Waals surface area contributed by atoms with Crippen LogP contribution in [0.4, 0.5) is 22.0 Å². The number of aliphatic imine (C=N–C) groups is 2. The molecule has 34 heavy (non-hydrogen) atoms. The van der Waals surface area contributed by atoms with Gasteiger partial charge in [-0.1, -0.05) is 12.1 Å². The number of rotatable bonds is 8. The van der Waals surface area contributed by atoms with E-state index in [4.69, 9.17) is 5.41 Å². The smallest absolute Gasteiger partial charge is 0.200 e. The average Bonchev–Trinajstić information content (AvgIpc) is 2.85. The first kappa shape index (κ1) is 24.8. The number of nitrogens with zero attached hydrogens (tertiary/aromatic N) is 4. The fourth-order valence-electron chi connectivity index (χ4n) is 3.28. The van der Waals surface area contributed by atoms with Gasteiger partial charge in [-0.3, -0.25) is 20.0 Å². The summed E-state index contributed by atoms with van der Waals surface area (Å²) in [5, 5.41) is 8.43. The van der Waals surface area contributed by atoms with Crippen LogP contribution in [0.2, 0.25) is 0 Å². The third kappa shape index (κ3) is 5.38. The molecule has 10 heteroatoms. The Labute approximate surface area is 192 Å². The standard InChI is InChI=1S/C24H20F5N5/c1-13(33-11-15-7-3-5-9-31-15)17(14(2)34-12-16-8-4-6-10-32-16)24(30)18-19(25)21(27)23(29)22(28)20(18)26/h3-10,17,30H,11-12H2,1-2H3. The van der Waals surface area contributed by atoms with Crippen LogP contribution in [0.15, 0.2) is 58.8 Å². The van der Waals surface area contributed by atoms with Gasteiger partial charge in [0.2, 0.25) is 5.82 Å². The van der Waals surface area contributed by atoms with E-state index < -0.39 is 46.3 Å². The van der Waals surface area contributed by atoms with E-state index in [2.05, 4.69) is 20.0 Å². The average molecular weight is 473 g/mol. The fraction of sp³-hybridized carbons (Fsp3) is 0.208. The van der Waals surface area contributed by atoms with Gasteiger partial charge in [0.15, 0.2) is 23.3 Å². The monoisotopic (exact) mass is 473 g/mol. The normalized spacial score (nSPS) is 13.1. The molecule has 0 saturated heterocycles. The highest BCUT2D eigenvalue weighted by Crippen LogP contribution is 2.26. The quantitative estimate of drug-likeness (QED) is 0.204. The van der Waals surface area contributed by atoms with Gasteiger partial charge in [-0.15, -0.1) is 0 Å². The Morgan fingerprint density at radius 1 is 0.735 bits per heavy atom. The lowest BCUT2D eigenvalue weighted by atomic mass is 9.88. The fourth-order valence-corrected chi connectivity index (χ4v) is 3.28. The van der Waals surface area contributed by atoms with Crippen LogP contribution in [0, 0.1) is 40.4 Å². The number of hydrogen-bond acceptors (Lipinski definition) is 5. The summed E-state index contributed by atoms with van der Waals surface area (Å²) >= 11 is 0. The number of nitrogens with one attached hydrogen (secondary N) is 1. The zero-order valence-corrected chi connectivity index (χ0v) is 18.3. The van der Waals surface area contributed by atoms with Gasteiger partial charge in [-0.05, 0) is 38.1 Å². The zero-order chi connectivity index (χ0) is 24.8. The number of halogens is 5. The minimum Gasteiger partial charge on any atom is -0.303 e. The van der Waals surface area contributed by atoms with Gasteiger partial charge in [0, 0.05) is 23.8 Å². The third-order valence-electron chi connectivity index (χ3n) is 5.04. The van der Waals surface area contributed by atoms with Crippen LogP contribution in [-0.4, -0.2) is 27.1 Å². The zero-order valence-electron chi connectivity index (χ0n) is 18.3. The molecular formula is C24H20F5N5. The van der Waals surface area contributed by atoms with Crippen molar-refractivity contribution in [3.05, 3.63) is 94.8 Å². The first-order valence-electron chi connectivity index (χ1n) is 10.1. The summed E-state index contributed by atoms with van der Waals surface area (Å²) in [6.45, 7) is 3.16. The molecule has 1 aromatic carbocycles. The Kier molecular flexibility index (Phi) is 7.93. The summed E-state index contributed by atoms with van der Waals surface area (Å²) in [4.78, 5) is 17.0. The van der Waals surface area contributed by atoms with Crippen LogP contribution < -0.4 is 0 Å². The van der Waals surface area contributed by atoms with Gasteiger partial charge in [0.25, 0.3) is 0 Å². The largest absolute Gasteiger partial charge is 0.303 e. The molecule has 3 aromatic rings. The van der Waals surface area contributed by atoms with E-state index in [1.165, 1.54) is 13.8 Å². The summed E-state index contributed by atoms with van der Waals surface area (Å²) in [5.74, 6) is -11.9. The number of pyridine rings is 2. The summed E-state index contributed by atoms with van der Waals surface area (Å²) in [5.41, 5.74) is -0.597. The second-order valence-corrected chi connectivity index (χ2v) is 7.35. The molecule has 0 radical (unpaired) electrons. The van der Waals surface area contributed by atoms with Crippen LogP contribution >= 0.6 is 0 Å². The van der Waals surface area contributed by atoms with E-state index >= 15 is 0 Å². The van der Waals surface area contributed by atoms with E-state index in [1.807, 2.05) is 0 Å². The number of benzene rings is 1. The van der Waals surface area contributed by atoms with Gasteiger partial charge in [0.05, 0.1) is 41.7 Å². The molecule has 0 unspecified atom stereocenters.